The second kappa shape index (κ2) is 25.8. The van der Waals surface area contributed by atoms with Crippen molar-refractivity contribution >= 4 is 6.16 Å². The summed E-state index contributed by atoms with van der Waals surface area (Å²) >= 11 is 0. The highest BCUT2D eigenvalue weighted by molar-refractivity contribution is 5.59. The van der Waals surface area contributed by atoms with E-state index in [1.54, 1.807) is 0 Å². The van der Waals surface area contributed by atoms with E-state index in [9.17, 15) is 4.79 Å². The zero-order valence-electron chi connectivity index (χ0n) is 20.2. The van der Waals surface area contributed by atoms with E-state index in [1.807, 2.05) is 0 Å². The fourth-order valence-electron chi connectivity index (χ4n) is 3.33. The number of hydrogen-bond donors (Lipinski definition) is 0. The van der Waals surface area contributed by atoms with Gasteiger partial charge in [-0.05, 0) is 44.9 Å². The first-order valence-electron chi connectivity index (χ1n) is 12.9. The van der Waals surface area contributed by atoms with Crippen LogP contribution < -0.4 is 0 Å². The van der Waals surface area contributed by atoms with E-state index in [1.165, 1.54) is 83.5 Å². The number of unbranched alkanes of at least 4 members (excludes halogenated alkanes) is 14. The Hall–Kier alpha value is -1.25. The maximum absolute atomic E-state index is 11.5. The molecule has 0 fully saturated rings. The first-order valence-corrected chi connectivity index (χ1v) is 12.9. The van der Waals surface area contributed by atoms with E-state index >= 15 is 0 Å². The van der Waals surface area contributed by atoms with Gasteiger partial charge in [0.1, 0.15) is 0 Å². The van der Waals surface area contributed by atoms with Crippen molar-refractivity contribution in [2.24, 2.45) is 0 Å². The van der Waals surface area contributed by atoms with Crippen LogP contribution >= 0.6 is 0 Å². The number of allylic oxidation sites excluding steroid dienone is 4. The SMILES string of the molecule is CCCCC/C=C\C/C=C\CCCCCCCCOC(=O)OCCCCCCCC. The molecular formula is C27H50O3. The van der Waals surface area contributed by atoms with Crippen molar-refractivity contribution in [1.82, 2.24) is 0 Å². The number of carbonyl (C=O) groups excluding carboxylic acids is 1. The highest BCUT2D eigenvalue weighted by atomic mass is 16.7. The van der Waals surface area contributed by atoms with Gasteiger partial charge < -0.3 is 9.47 Å². The number of hydrogen-bond acceptors (Lipinski definition) is 3. The molecule has 0 saturated carbocycles. The maximum atomic E-state index is 11.5. The molecule has 0 N–H and O–H groups in total. The van der Waals surface area contributed by atoms with Gasteiger partial charge in [-0.1, -0.05) is 109 Å². The quantitative estimate of drug-likeness (QED) is 0.0990. The Kier molecular flexibility index (Phi) is 24.7. The molecule has 3 heteroatoms. The number of ether oxygens (including phenoxy) is 2. The molecule has 0 aromatic rings. The molecule has 176 valence electrons. The van der Waals surface area contributed by atoms with E-state index in [0.717, 1.165) is 32.1 Å². The number of rotatable bonds is 22. The van der Waals surface area contributed by atoms with Crippen LogP contribution in [-0.4, -0.2) is 19.4 Å². The second-order valence-corrected chi connectivity index (χ2v) is 8.30. The van der Waals surface area contributed by atoms with Gasteiger partial charge in [-0.15, -0.1) is 0 Å². The van der Waals surface area contributed by atoms with E-state index < -0.39 is 6.16 Å². The standard InChI is InChI=1S/C27H50O3/c1-3-5-7-9-11-12-13-14-15-16-17-18-19-20-22-24-26-30-27(28)29-25-23-21-10-8-6-4-2/h11-12,14-15H,3-10,13,16-26H2,1-2H3/b12-11-,15-14-. The van der Waals surface area contributed by atoms with Crippen LogP contribution in [0.5, 0.6) is 0 Å². The van der Waals surface area contributed by atoms with Crippen molar-refractivity contribution in [1.29, 1.82) is 0 Å². The zero-order valence-corrected chi connectivity index (χ0v) is 20.2. The summed E-state index contributed by atoms with van der Waals surface area (Å²) in [6.07, 6.45) is 30.5. The van der Waals surface area contributed by atoms with Gasteiger partial charge in [-0.3, -0.25) is 0 Å². The first-order chi connectivity index (χ1) is 14.8. The third kappa shape index (κ3) is 24.8. The summed E-state index contributed by atoms with van der Waals surface area (Å²) in [7, 11) is 0. The minimum Gasteiger partial charge on any atom is -0.434 e. The highest BCUT2D eigenvalue weighted by Crippen LogP contribution is 2.09. The summed E-state index contributed by atoms with van der Waals surface area (Å²) in [5.74, 6) is 0. The molecule has 0 bridgehead atoms. The van der Waals surface area contributed by atoms with Crippen molar-refractivity contribution in [2.75, 3.05) is 13.2 Å². The van der Waals surface area contributed by atoms with Gasteiger partial charge in [0.25, 0.3) is 0 Å². The molecule has 0 saturated heterocycles. The third-order valence-corrected chi connectivity index (χ3v) is 5.28. The molecule has 0 aliphatic heterocycles. The normalized spacial score (nSPS) is 11.5. The largest absolute Gasteiger partial charge is 0.508 e. The fraction of sp³-hybridized carbons (Fsp3) is 0.815. The molecule has 0 aromatic heterocycles. The van der Waals surface area contributed by atoms with Gasteiger partial charge in [0, 0.05) is 0 Å². The summed E-state index contributed by atoms with van der Waals surface area (Å²) in [6.45, 7) is 5.45. The molecule has 0 aliphatic carbocycles. The van der Waals surface area contributed by atoms with E-state index in [0.29, 0.717) is 13.2 Å². The van der Waals surface area contributed by atoms with Gasteiger partial charge in [0.05, 0.1) is 13.2 Å². The minimum atomic E-state index is -0.494. The van der Waals surface area contributed by atoms with Crippen LogP contribution in [0.1, 0.15) is 129 Å². The van der Waals surface area contributed by atoms with Crippen LogP contribution in [0.15, 0.2) is 24.3 Å². The van der Waals surface area contributed by atoms with E-state index in [4.69, 9.17) is 9.47 Å². The average Bonchev–Trinajstić information content (AvgIpc) is 2.75. The van der Waals surface area contributed by atoms with E-state index in [2.05, 4.69) is 38.2 Å². The Morgan fingerprint density at radius 1 is 0.533 bits per heavy atom. The molecule has 0 unspecified atom stereocenters. The van der Waals surface area contributed by atoms with Crippen LogP contribution in [0.2, 0.25) is 0 Å². The highest BCUT2D eigenvalue weighted by Gasteiger charge is 2.03. The Bertz CT molecular complexity index is 401. The van der Waals surface area contributed by atoms with Crippen molar-refractivity contribution in [2.45, 2.75) is 129 Å². The maximum Gasteiger partial charge on any atom is 0.508 e. The number of carbonyl (C=O) groups is 1. The Morgan fingerprint density at radius 2 is 0.933 bits per heavy atom. The predicted octanol–water partition coefficient (Wildman–Crippen LogP) is 9.31. The van der Waals surface area contributed by atoms with Gasteiger partial charge in [0.2, 0.25) is 0 Å². The Labute approximate surface area is 187 Å². The summed E-state index contributed by atoms with van der Waals surface area (Å²) in [5.41, 5.74) is 0. The van der Waals surface area contributed by atoms with Crippen molar-refractivity contribution in [3.05, 3.63) is 24.3 Å². The minimum absolute atomic E-state index is 0.490. The molecule has 0 radical (unpaired) electrons. The predicted molar refractivity (Wildman–Crippen MR) is 130 cm³/mol. The molecule has 0 rings (SSSR count). The zero-order chi connectivity index (χ0) is 22.0. The lowest BCUT2D eigenvalue weighted by Gasteiger charge is -2.06. The van der Waals surface area contributed by atoms with Crippen LogP contribution in [0, 0.1) is 0 Å². The lowest BCUT2D eigenvalue weighted by molar-refractivity contribution is 0.0529. The third-order valence-electron chi connectivity index (χ3n) is 5.28. The first kappa shape index (κ1) is 28.8. The topological polar surface area (TPSA) is 35.5 Å². The molecule has 0 atom stereocenters. The monoisotopic (exact) mass is 422 g/mol. The van der Waals surface area contributed by atoms with Gasteiger partial charge >= 0.3 is 6.16 Å². The van der Waals surface area contributed by atoms with Crippen molar-refractivity contribution in [3.63, 3.8) is 0 Å². The van der Waals surface area contributed by atoms with Crippen LogP contribution in [0.25, 0.3) is 0 Å². The summed E-state index contributed by atoms with van der Waals surface area (Å²) in [5, 5.41) is 0. The molecule has 30 heavy (non-hydrogen) atoms. The van der Waals surface area contributed by atoms with E-state index in [-0.39, 0.29) is 0 Å². The molecule has 3 nitrogen and oxygen atoms in total. The molecule has 0 aliphatic rings. The summed E-state index contributed by atoms with van der Waals surface area (Å²) in [4.78, 5) is 11.5. The smallest absolute Gasteiger partial charge is 0.434 e. The summed E-state index contributed by atoms with van der Waals surface area (Å²) in [6, 6.07) is 0. The molecule has 0 heterocycles. The van der Waals surface area contributed by atoms with Crippen molar-refractivity contribution < 1.29 is 14.3 Å². The van der Waals surface area contributed by atoms with Gasteiger partial charge in [-0.25, -0.2) is 4.79 Å². The van der Waals surface area contributed by atoms with Crippen LogP contribution in [0.4, 0.5) is 4.79 Å². The van der Waals surface area contributed by atoms with Crippen LogP contribution in [0.3, 0.4) is 0 Å². The van der Waals surface area contributed by atoms with Gasteiger partial charge in [-0.2, -0.15) is 0 Å². The molecular weight excluding hydrogens is 372 g/mol. The van der Waals surface area contributed by atoms with Gasteiger partial charge in [0.15, 0.2) is 0 Å². The van der Waals surface area contributed by atoms with Crippen molar-refractivity contribution in [3.8, 4) is 0 Å². The van der Waals surface area contributed by atoms with Crippen LogP contribution in [-0.2, 0) is 9.47 Å². The average molecular weight is 423 g/mol. The Morgan fingerprint density at radius 3 is 1.47 bits per heavy atom. The fourth-order valence-corrected chi connectivity index (χ4v) is 3.33. The second-order valence-electron chi connectivity index (χ2n) is 8.30. The lowest BCUT2D eigenvalue weighted by atomic mass is 10.1. The lowest BCUT2D eigenvalue weighted by Crippen LogP contribution is -2.09. The Balaban J connectivity index is 3.23. The summed E-state index contributed by atoms with van der Waals surface area (Å²) < 4.78 is 10.2. The molecule has 0 amide bonds. The molecule has 0 aromatic carbocycles. The molecule has 0 spiro atoms.